The van der Waals surface area contributed by atoms with Crippen LogP contribution in [0.25, 0.3) is 0 Å². The normalized spacial score (nSPS) is 17.4. The van der Waals surface area contributed by atoms with Gasteiger partial charge in [0.05, 0.1) is 12.5 Å². The lowest BCUT2D eigenvalue weighted by molar-refractivity contribution is -0.132. The quantitative estimate of drug-likeness (QED) is 0.313. The lowest BCUT2D eigenvalue weighted by Gasteiger charge is -2.22. The zero-order chi connectivity index (χ0) is 22.9. The van der Waals surface area contributed by atoms with Gasteiger partial charge in [0, 0.05) is 38.8 Å². The largest absolute Gasteiger partial charge is 0.391 e. The topological polar surface area (TPSA) is 142 Å². The van der Waals surface area contributed by atoms with Crippen molar-refractivity contribution >= 4 is 23.9 Å². The summed E-state index contributed by atoms with van der Waals surface area (Å²) >= 11 is 0. The van der Waals surface area contributed by atoms with Crippen molar-refractivity contribution in [1.82, 2.24) is 10.2 Å². The van der Waals surface area contributed by atoms with E-state index in [1.807, 2.05) is 18.2 Å². The molecule has 9 heteroatoms. The van der Waals surface area contributed by atoms with Gasteiger partial charge in [-0.25, -0.2) is 0 Å². The van der Waals surface area contributed by atoms with Crippen LogP contribution in [0.5, 0.6) is 0 Å². The fourth-order valence-electron chi connectivity index (χ4n) is 3.29. The minimum atomic E-state index is -0.302. The van der Waals surface area contributed by atoms with Crippen LogP contribution in [0.4, 0.5) is 5.69 Å². The summed E-state index contributed by atoms with van der Waals surface area (Å²) in [5.74, 6) is 8.29. The SMILES string of the molecule is CC(C)(C)CC(=O)N1CCC(O)C1.CN1C(=O)Cc2ccc(CNC=O)cc21.NN. The van der Waals surface area contributed by atoms with Crippen LogP contribution in [0.15, 0.2) is 18.2 Å². The van der Waals surface area contributed by atoms with Gasteiger partial charge >= 0.3 is 0 Å². The van der Waals surface area contributed by atoms with Gasteiger partial charge in [-0.3, -0.25) is 26.1 Å². The Hall–Kier alpha value is -2.49. The molecule has 1 atom stereocenters. The van der Waals surface area contributed by atoms with Gasteiger partial charge in [-0.15, -0.1) is 0 Å². The summed E-state index contributed by atoms with van der Waals surface area (Å²) in [6.45, 7) is 7.90. The van der Waals surface area contributed by atoms with Crippen LogP contribution < -0.4 is 21.9 Å². The number of hydrogen-bond donors (Lipinski definition) is 4. The number of aliphatic hydroxyl groups is 1. The van der Waals surface area contributed by atoms with E-state index in [9.17, 15) is 19.5 Å². The Kier molecular flexibility index (Phi) is 9.91. The van der Waals surface area contributed by atoms with Crippen LogP contribution in [-0.4, -0.2) is 54.5 Å². The van der Waals surface area contributed by atoms with Gasteiger partial charge in [0.15, 0.2) is 0 Å². The summed E-state index contributed by atoms with van der Waals surface area (Å²) in [5, 5.41) is 11.9. The summed E-state index contributed by atoms with van der Waals surface area (Å²) in [6.07, 6.45) is 2.15. The van der Waals surface area contributed by atoms with Gasteiger partial charge < -0.3 is 20.2 Å². The molecule has 1 fully saturated rings. The molecule has 3 amide bonds. The molecule has 9 nitrogen and oxygen atoms in total. The number of aliphatic hydroxyl groups excluding tert-OH is 1. The maximum atomic E-state index is 11.6. The number of β-amino-alcohol motifs (C(OH)–C–C–N with tert-alkyl or cyclic N) is 1. The third-order valence-electron chi connectivity index (χ3n) is 4.81. The first-order chi connectivity index (χ1) is 14.1. The predicted octanol–water partition coefficient (Wildman–Crippen LogP) is 0.286. The van der Waals surface area contributed by atoms with Gasteiger partial charge in [0.1, 0.15) is 0 Å². The fourth-order valence-corrected chi connectivity index (χ4v) is 3.29. The molecule has 1 aromatic rings. The molecule has 168 valence electrons. The number of hydrazine groups is 1. The average molecular weight is 422 g/mol. The Morgan fingerprint density at radius 2 is 2.00 bits per heavy atom. The molecule has 30 heavy (non-hydrogen) atoms. The Balaban J connectivity index is 0.000000280. The highest BCUT2D eigenvalue weighted by Gasteiger charge is 2.27. The van der Waals surface area contributed by atoms with Gasteiger partial charge in [-0.2, -0.15) is 0 Å². The van der Waals surface area contributed by atoms with E-state index < -0.39 is 0 Å². The Bertz CT molecular complexity index is 733. The van der Waals surface area contributed by atoms with E-state index in [2.05, 4.69) is 37.8 Å². The number of likely N-dealkylation sites (N-methyl/N-ethyl adjacent to an activating group) is 1. The second-order valence-electron chi connectivity index (χ2n) is 8.61. The van der Waals surface area contributed by atoms with Crippen LogP contribution >= 0.6 is 0 Å². The van der Waals surface area contributed by atoms with Crippen molar-refractivity contribution in [1.29, 1.82) is 0 Å². The van der Waals surface area contributed by atoms with Crippen molar-refractivity contribution in [2.24, 2.45) is 17.1 Å². The summed E-state index contributed by atoms with van der Waals surface area (Å²) in [4.78, 5) is 36.6. The zero-order valence-electron chi connectivity index (χ0n) is 18.4. The van der Waals surface area contributed by atoms with E-state index in [1.54, 1.807) is 16.8 Å². The molecule has 0 bridgehead atoms. The maximum Gasteiger partial charge on any atom is 0.231 e. The lowest BCUT2D eigenvalue weighted by Crippen LogP contribution is -2.32. The number of nitrogens with one attached hydrogen (secondary N) is 1. The summed E-state index contributed by atoms with van der Waals surface area (Å²) in [5.41, 5.74) is 3.05. The van der Waals surface area contributed by atoms with Crippen molar-refractivity contribution in [2.45, 2.75) is 52.7 Å². The molecule has 0 aromatic heterocycles. The second kappa shape index (κ2) is 11.6. The van der Waals surface area contributed by atoms with E-state index in [0.29, 0.717) is 32.3 Å². The third kappa shape index (κ3) is 7.74. The lowest BCUT2D eigenvalue weighted by atomic mass is 9.92. The molecule has 2 aliphatic heterocycles. The molecule has 1 aromatic carbocycles. The number of hydrogen-bond acceptors (Lipinski definition) is 6. The van der Waals surface area contributed by atoms with Crippen LogP contribution in [0.1, 0.15) is 44.7 Å². The molecule has 0 aliphatic carbocycles. The van der Waals surface area contributed by atoms with Crippen molar-refractivity contribution in [3.05, 3.63) is 29.3 Å². The fraction of sp³-hybridized carbons (Fsp3) is 0.571. The molecular weight excluding hydrogens is 386 g/mol. The zero-order valence-corrected chi connectivity index (χ0v) is 18.4. The van der Waals surface area contributed by atoms with E-state index in [0.717, 1.165) is 29.8 Å². The first-order valence-corrected chi connectivity index (χ1v) is 9.95. The highest BCUT2D eigenvalue weighted by atomic mass is 16.3. The van der Waals surface area contributed by atoms with E-state index in [1.165, 1.54) is 0 Å². The Morgan fingerprint density at radius 1 is 1.33 bits per heavy atom. The average Bonchev–Trinajstić information content (AvgIpc) is 3.25. The number of likely N-dealkylation sites (tertiary alicyclic amines) is 1. The van der Waals surface area contributed by atoms with Gasteiger partial charge in [0.2, 0.25) is 18.2 Å². The molecular formula is C21H35N5O4. The first-order valence-electron chi connectivity index (χ1n) is 9.95. The smallest absolute Gasteiger partial charge is 0.231 e. The number of nitrogens with two attached hydrogens (primary N) is 2. The molecule has 1 unspecified atom stereocenters. The summed E-state index contributed by atoms with van der Waals surface area (Å²) < 4.78 is 0. The van der Waals surface area contributed by atoms with Crippen molar-refractivity contribution in [3.63, 3.8) is 0 Å². The number of nitrogens with zero attached hydrogens (tertiary/aromatic N) is 2. The van der Waals surface area contributed by atoms with Crippen molar-refractivity contribution in [2.75, 3.05) is 25.0 Å². The van der Waals surface area contributed by atoms with Gasteiger partial charge in [-0.05, 0) is 29.0 Å². The highest BCUT2D eigenvalue weighted by Crippen LogP contribution is 2.28. The minimum absolute atomic E-state index is 0.0463. The summed E-state index contributed by atoms with van der Waals surface area (Å²) in [6, 6.07) is 5.82. The van der Waals surface area contributed by atoms with Crippen LogP contribution in [0.3, 0.4) is 0 Å². The second-order valence-corrected chi connectivity index (χ2v) is 8.61. The monoisotopic (exact) mass is 421 g/mol. The number of carbonyl (C=O) groups is 3. The van der Waals surface area contributed by atoms with Crippen LogP contribution in [0, 0.1) is 5.41 Å². The number of carbonyl (C=O) groups excluding carboxylic acids is 3. The number of anilines is 1. The van der Waals surface area contributed by atoms with E-state index in [-0.39, 0.29) is 23.3 Å². The number of rotatable bonds is 4. The van der Waals surface area contributed by atoms with Crippen LogP contribution in [0.2, 0.25) is 0 Å². The molecule has 0 radical (unpaired) electrons. The Labute approximate surface area is 178 Å². The number of amides is 3. The standard InChI is InChI=1S/C11H12N2O2.C10H19NO2.H4N2/c1-13-10-4-8(6-12-7-14)2-3-9(10)5-11(13)15;1-10(2,3)6-9(13)11-5-4-8(12)7-11;1-2/h2-4,7H,5-6H2,1H3,(H,12,14);8,12H,4-7H2,1-3H3;1-2H2. The molecule has 2 aliphatic rings. The van der Waals surface area contributed by atoms with E-state index in [4.69, 9.17) is 0 Å². The summed E-state index contributed by atoms with van der Waals surface area (Å²) in [7, 11) is 1.77. The Morgan fingerprint density at radius 3 is 2.53 bits per heavy atom. The molecule has 6 N–H and O–H groups in total. The number of benzene rings is 1. The van der Waals surface area contributed by atoms with Crippen molar-refractivity contribution < 1.29 is 19.5 Å². The molecule has 2 heterocycles. The molecule has 0 spiro atoms. The highest BCUT2D eigenvalue weighted by molar-refractivity contribution is 6.00. The first kappa shape index (κ1) is 25.5. The van der Waals surface area contributed by atoms with Gasteiger partial charge in [-0.1, -0.05) is 32.9 Å². The number of fused-ring (bicyclic) bond motifs is 1. The molecule has 1 saturated heterocycles. The minimum Gasteiger partial charge on any atom is -0.391 e. The molecule has 0 saturated carbocycles. The third-order valence-corrected chi connectivity index (χ3v) is 4.81. The maximum absolute atomic E-state index is 11.6. The van der Waals surface area contributed by atoms with Crippen molar-refractivity contribution in [3.8, 4) is 0 Å². The van der Waals surface area contributed by atoms with E-state index >= 15 is 0 Å². The molecule has 3 rings (SSSR count). The van der Waals surface area contributed by atoms with Crippen LogP contribution in [-0.2, 0) is 27.3 Å². The predicted molar refractivity (Wildman–Crippen MR) is 116 cm³/mol. The van der Waals surface area contributed by atoms with Gasteiger partial charge in [0.25, 0.3) is 0 Å².